The molecular weight excluding hydrogens is 138 g/mol. The Morgan fingerprint density at radius 3 is 2.45 bits per heavy atom. The summed E-state index contributed by atoms with van der Waals surface area (Å²) < 4.78 is 0. The molecule has 0 unspecified atom stereocenters. The molecule has 0 aromatic heterocycles. The molecule has 0 saturated heterocycles. The van der Waals surface area contributed by atoms with Gasteiger partial charge in [-0.2, -0.15) is 0 Å². The Morgan fingerprint density at radius 2 is 2.00 bits per heavy atom. The summed E-state index contributed by atoms with van der Waals surface area (Å²) >= 11 is 0. The Balaban J connectivity index is 2.23. The van der Waals surface area contributed by atoms with Crippen LogP contribution in [0.1, 0.15) is 39.5 Å². The summed E-state index contributed by atoms with van der Waals surface area (Å²) in [5, 5.41) is 12.5. The predicted molar refractivity (Wildman–Crippen MR) is 46.6 cm³/mol. The van der Waals surface area contributed by atoms with Crippen LogP contribution in [0.15, 0.2) is 0 Å². The van der Waals surface area contributed by atoms with Crippen molar-refractivity contribution in [3.63, 3.8) is 0 Å². The van der Waals surface area contributed by atoms with Gasteiger partial charge in [-0.15, -0.1) is 0 Å². The van der Waals surface area contributed by atoms with Gasteiger partial charge < -0.3 is 10.4 Å². The molecule has 1 saturated carbocycles. The van der Waals surface area contributed by atoms with Crippen molar-refractivity contribution >= 4 is 0 Å². The molecule has 0 spiro atoms. The molecule has 2 nitrogen and oxygen atoms in total. The van der Waals surface area contributed by atoms with E-state index in [9.17, 15) is 0 Å². The first-order valence-electron chi connectivity index (χ1n) is 4.55. The third-order valence-corrected chi connectivity index (χ3v) is 2.53. The SMILES string of the molecule is C[C@H](O)CNC1(C)CCCC1. The first-order chi connectivity index (χ1) is 5.12. The third kappa shape index (κ3) is 2.80. The van der Waals surface area contributed by atoms with Gasteiger partial charge in [-0.05, 0) is 26.7 Å². The Hall–Kier alpha value is -0.0800. The van der Waals surface area contributed by atoms with E-state index >= 15 is 0 Å². The first kappa shape index (κ1) is 9.01. The average Bonchev–Trinajstić information content (AvgIpc) is 2.33. The molecule has 2 N–H and O–H groups in total. The van der Waals surface area contributed by atoms with Crippen molar-refractivity contribution in [1.82, 2.24) is 5.32 Å². The van der Waals surface area contributed by atoms with E-state index in [-0.39, 0.29) is 6.10 Å². The average molecular weight is 157 g/mol. The van der Waals surface area contributed by atoms with Crippen molar-refractivity contribution in [3.8, 4) is 0 Å². The summed E-state index contributed by atoms with van der Waals surface area (Å²) in [5.74, 6) is 0. The third-order valence-electron chi connectivity index (χ3n) is 2.53. The molecule has 0 aromatic carbocycles. The summed E-state index contributed by atoms with van der Waals surface area (Å²) in [6.07, 6.45) is 4.99. The molecule has 1 aliphatic rings. The molecule has 0 radical (unpaired) electrons. The lowest BCUT2D eigenvalue weighted by molar-refractivity contribution is 0.174. The number of hydrogen-bond donors (Lipinski definition) is 2. The summed E-state index contributed by atoms with van der Waals surface area (Å²) in [4.78, 5) is 0. The number of rotatable bonds is 3. The largest absolute Gasteiger partial charge is 0.392 e. The highest BCUT2D eigenvalue weighted by Gasteiger charge is 2.27. The fourth-order valence-electron chi connectivity index (χ4n) is 1.73. The van der Waals surface area contributed by atoms with Crippen molar-refractivity contribution < 1.29 is 5.11 Å². The monoisotopic (exact) mass is 157 g/mol. The number of hydrogen-bond acceptors (Lipinski definition) is 2. The van der Waals surface area contributed by atoms with E-state index in [2.05, 4.69) is 12.2 Å². The van der Waals surface area contributed by atoms with Crippen LogP contribution >= 0.6 is 0 Å². The maximum Gasteiger partial charge on any atom is 0.0636 e. The molecule has 1 aliphatic carbocycles. The van der Waals surface area contributed by atoms with Crippen molar-refractivity contribution in [2.75, 3.05) is 6.54 Å². The van der Waals surface area contributed by atoms with Gasteiger partial charge >= 0.3 is 0 Å². The highest BCUT2D eigenvalue weighted by Crippen LogP contribution is 2.28. The zero-order chi connectivity index (χ0) is 8.32. The summed E-state index contributed by atoms with van der Waals surface area (Å²) in [6.45, 7) is 4.81. The standard InChI is InChI=1S/C9H19NO/c1-8(11)7-10-9(2)5-3-4-6-9/h8,10-11H,3-7H2,1-2H3/t8-/m0/s1. The van der Waals surface area contributed by atoms with Crippen LogP contribution in [0, 0.1) is 0 Å². The van der Waals surface area contributed by atoms with Crippen LogP contribution in [0.2, 0.25) is 0 Å². The Kier molecular flexibility index (Phi) is 2.90. The van der Waals surface area contributed by atoms with Gasteiger partial charge in [0.1, 0.15) is 0 Å². The maximum absolute atomic E-state index is 9.06. The summed E-state index contributed by atoms with van der Waals surface area (Å²) in [7, 11) is 0. The number of nitrogens with one attached hydrogen (secondary N) is 1. The second kappa shape index (κ2) is 3.55. The van der Waals surface area contributed by atoms with Crippen molar-refractivity contribution in [2.24, 2.45) is 0 Å². The molecule has 0 heterocycles. The normalized spacial score (nSPS) is 25.4. The van der Waals surface area contributed by atoms with Gasteiger partial charge in [0.2, 0.25) is 0 Å². The predicted octanol–water partition coefficient (Wildman–Crippen LogP) is 1.29. The molecule has 0 aliphatic heterocycles. The number of aliphatic hydroxyl groups is 1. The van der Waals surface area contributed by atoms with Gasteiger partial charge in [0, 0.05) is 12.1 Å². The van der Waals surface area contributed by atoms with Gasteiger partial charge in [0.25, 0.3) is 0 Å². The number of β-amino-alcohol motifs (C(OH)–C–C–N with tert-alkyl or cyclic N) is 1. The van der Waals surface area contributed by atoms with E-state index in [1.807, 2.05) is 6.92 Å². The van der Waals surface area contributed by atoms with Gasteiger partial charge in [-0.25, -0.2) is 0 Å². The van der Waals surface area contributed by atoms with Crippen LogP contribution < -0.4 is 5.32 Å². The lowest BCUT2D eigenvalue weighted by Crippen LogP contribution is -2.42. The minimum Gasteiger partial charge on any atom is -0.392 e. The lowest BCUT2D eigenvalue weighted by Gasteiger charge is -2.26. The molecule has 1 rings (SSSR count). The number of aliphatic hydroxyl groups excluding tert-OH is 1. The van der Waals surface area contributed by atoms with Gasteiger partial charge in [0.05, 0.1) is 6.10 Å². The second-order valence-corrected chi connectivity index (χ2v) is 4.00. The Morgan fingerprint density at radius 1 is 1.45 bits per heavy atom. The van der Waals surface area contributed by atoms with E-state index in [1.54, 1.807) is 0 Å². The van der Waals surface area contributed by atoms with Gasteiger partial charge in [0.15, 0.2) is 0 Å². The van der Waals surface area contributed by atoms with Crippen molar-refractivity contribution in [1.29, 1.82) is 0 Å². The smallest absolute Gasteiger partial charge is 0.0636 e. The van der Waals surface area contributed by atoms with E-state index in [0.717, 1.165) is 6.54 Å². The second-order valence-electron chi connectivity index (χ2n) is 4.00. The van der Waals surface area contributed by atoms with Crippen LogP contribution in [0.3, 0.4) is 0 Å². The topological polar surface area (TPSA) is 32.3 Å². The molecule has 1 atom stereocenters. The Labute approximate surface area is 69.0 Å². The van der Waals surface area contributed by atoms with Crippen molar-refractivity contribution in [2.45, 2.75) is 51.2 Å². The summed E-state index contributed by atoms with van der Waals surface area (Å²) in [6, 6.07) is 0. The molecule has 0 aromatic rings. The van der Waals surface area contributed by atoms with E-state index in [0.29, 0.717) is 5.54 Å². The highest BCUT2D eigenvalue weighted by molar-refractivity contribution is 4.88. The first-order valence-corrected chi connectivity index (χ1v) is 4.55. The zero-order valence-corrected chi connectivity index (χ0v) is 7.56. The zero-order valence-electron chi connectivity index (χ0n) is 7.56. The van der Waals surface area contributed by atoms with Crippen LogP contribution in [-0.2, 0) is 0 Å². The highest BCUT2D eigenvalue weighted by atomic mass is 16.3. The summed E-state index contributed by atoms with van der Waals surface area (Å²) in [5.41, 5.74) is 0.316. The van der Waals surface area contributed by atoms with E-state index in [4.69, 9.17) is 5.11 Å². The molecule has 66 valence electrons. The maximum atomic E-state index is 9.06. The van der Waals surface area contributed by atoms with Crippen LogP contribution in [0.4, 0.5) is 0 Å². The molecule has 0 bridgehead atoms. The lowest BCUT2D eigenvalue weighted by atomic mass is 10.0. The van der Waals surface area contributed by atoms with Crippen LogP contribution in [0.25, 0.3) is 0 Å². The van der Waals surface area contributed by atoms with Gasteiger partial charge in [-0.1, -0.05) is 12.8 Å². The van der Waals surface area contributed by atoms with Crippen LogP contribution in [0.5, 0.6) is 0 Å². The fraction of sp³-hybridized carbons (Fsp3) is 1.00. The van der Waals surface area contributed by atoms with Crippen LogP contribution in [-0.4, -0.2) is 23.3 Å². The van der Waals surface area contributed by atoms with E-state index in [1.165, 1.54) is 25.7 Å². The molecular formula is C9H19NO. The minimum atomic E-state index is -0.215. The molecule has 0 amide bonds. The quantitative estimate of drug-likeness (QED) is 0.647. The Bertz CT molecular complexity index is 117. The molecule has 2 heteroatoms. The molecule has 11 heavy (non-hydrogen) atoms. The molecule has 1 fully saturated rings. The van der Waals surface area contributed by atoms with Crippen molar-refractivity contribution in [3.05, 3.63) is 0 Å². The fourth-order valence-corrected chi connectivity index (χ4v) is 1.73. The van der Waals surface area contributed by atoms with Gasteiger partial charge in [-0.3, -0.25) is 0 Å². The minimum absolute atomic E-state index is 0.215. The van der Waals surface area contributed by atoms with E-state index < -0.39 is 0 Å².